The zero-order chi connectivity index (χ0) is 19.7. The van der Waals surface area contributed by atoms with E-state index in [1.807, 2.05) is 13.8 Å². The molecule has 0 aliphatic carbocycles. The van der Waals surface area contributed by atoms with E-state index < -0.39 is 36.3 Å². The van der Waals surface area contributed by atoms with Gasteiger partial charge in [-0.25, -0.2) is 9.97 Å². The van der Waals surface area contributed by atoms with Crippen molar-refractivity contribution in [2.45, 2.75) is 50.6 Å². The molecule has 1 saturated heterocycles. The number of aromatic amines is 1. The summed E-state index contributed by atoms with van der Waals surface area (Å²) in [6.07, 6.45) is 1.53. The molecule has 2 aromatic heterocycles. The molecule has 1 aliphatic heterocycles. The van der Waals surface area contributed by atoms with E-state index in [9.17, 15) is 15.0 Å². The third kappa shape index (κ3) is 3.61. The third-order valence-corrected chi connectivity index (χ3v) is 5.29. The molecule has 3 heterocycles. The number of nitrogens with one attached hydrogen (secondary N) is 2. The van der Waals surface area contributed by atoms with Crippen LogP contribution in [-0.4, -0.2) is 62.0 Å². The van der Waals surface area contributed by atoms with E-state index in [1.54, 1.807) is 6.20 Å². The zero-order valence-electron chi connectivity index (χ0n) is 15.3. The van der Waals surface area contributed by atoms with Gasteiger partial charge in [-0.05, 0) is 5.92 Å². The molecule has 27 heavy (non-hydrogen) atoms. The van der Waals surface area contributed by atoms with Crippen LogP contribution in [0.2, 0.25) is 0 Å². The molecule has 0 saturated carbocycles. The molecule has 10 nitrogen and oxygen atoms in total. The van der Waals surface area contributed by atoms with Gasteiger partial charge in [0.1, 0.15) is 36.7 Å². The van der Waals surface area contributed by atoms with Crippen LogP contribution < -0.4 is 16.8 Å². The largest absolute Gasteiger partial charge is 0.463 e. The van der Waals surface area contributed by atoms with Crippen molar-refractivity contribution in [2.24, 2.45) is 11.7 Å². The zero-order valence-corrected chi connectivity index (χ0v) is 15.3. The number of aliphatic hydroxyl groups excluding tert-OH is 2. The minimum absolute atomic E-state index is 0.00587. The maximum Gasteiger partial charge on any atom is 0.323 e. The normalized spacial score (nSPS) is 27.6. The predicted molar refractivity (Wildman–Crippen MR) is 98.4 cm³/mol. The van der Waals surface area contributed by atoms with Crippen LogP contribution in [0, 0.1) is 5.92 Å². The summed E-state index contributed by atoms with van der Waals surface area (Å²) in [6.45, 7) is 3.72. The molecule has 1 fully saturated rings. The van der Waals surface area contributed by atoms with Crippen molar-refractivity contribution in [3.8, 4) is 0 Å². The van der Waals surface area contributed by atoms with Crippen LogP contribution in [-0.2, 0) is 9.53 Å². The molecule has 1 aliphatic rings. The predicted octanol–water partition coefficient (Wildman–Crippen LogP) is -0.809. The van der Waals surface area contributed by atoms with Gasteiger partial charge >= 0.3 is 5.97 Å². The summed E-state index contributed by atoms with van der Waals surface area (Å²) in [5.74, 6) is -0.235. The lowest BCUT2D eigenvalue weighted by Gasteiger charge is -2.20. The highest BCUT2D eigenvalue weighted by molar-refractivity contribution is 5.87. The number of esters is 1. The number of anilines is 1. The number of carbonyl (C=O) groups is 1. The Morgan fingerprint density at radius 3 is 2.81 bits per heavy atom. The smallest absolute Gasteiger partial charge is 0.323 e. The lowest BCUT2D eigenvalue weighted by Crippen LogP contribution is -2.42. The Bertz CT molecular complexity index is 812. The number of ether oxygens (including phenoxy) is 1. The van der Waals surface area contributed by atoms with Crippen molar-refractivity contribution in [2.75, 3.05) is 12.3 Å². The van der Waals surface area contributed by atoms with Crippen LogP contribution in [0.15, 0.2) is 12.5 Å². The van der Waals surface area contributed by atoms with Gasteiger partial charge in [-0.15, -0.1) is 0 Å². The van der Waals surface area contributed by atoms with Gasteiger partial charge in [0, 0.05) is 11.8 Å². The molecule has 6 atom stereocenters. The first kappa shape index (κ1) is 19.5. The monoisotopic (exact) mass is 378 g/mol. The van der Waals surface area contributed by atoms with E-state index in [0.29, 0.717) is 22.4 Å². The highest BCUT2D eigenvalue weighted by Crippen LogP contribution is 2.32. The number of H-pyrrole nitrogens is 1. The molecule has 0 amide bonds. The molecule has 8 N–H and O–H groups in total. The fraction of sp³-hybridized carbons (Fsp3) is 0.588. The molecule has 0 aromatic carbocycles. The second-order valence-corrected chi connectivity index (χ2v) is 7.00. The first-order chi connectivity index (χ1) is 12.8. The minimum atomic E-state index is -1.12. The fourth-order valence-electron chi connectivity index (χ4n) is 3.25. The number of fused-ring (bicyclic) bond motifs is 1. The van der Waals surface area contributed by atoms with E-state index >= 15 is 0 Å². The summed E-state index contributed by atoms with van der Waals surface area (Å²) in [7, 11) is 0. The molecule has 10 heteroatoms. The van der Waals surface area contributed by atoms with Crippen molar-refractivity contribution < 1.29 is 19.7 Å². The number of nitrogens with two attached hydrogens (primary N) is 2. The molecular formula is C17H26N6O4. The van der Waals surface area contributed by atoms with Gasteiger partial charge < -0.3 is 31.4 Å². The average molecular weight is 378 g/mol. The van der Waals surface area contributed by atoms with Crippen molar-refractivity contribution in [3.63, 3.8) is 0 Å². The molecule has 0 unspecified atom stereocenters. The Balaban J connectivity index is 1.70. The molecule has 0 radical (unpaired) electrons. The number of rotatable bonds is 6. The van der Waals surface area contributed by atoms with Gasteiger partial charge in [0.15, 0.2) is 5.82 Å². The van der Waals surface area contributed by atoms with E-state index in [1.165, 1.54) is 6.33 Å². The topological polar surface area (TPSA) is 172 Å². The summed E-state index contributed by atoms with van der Waals surface area (Å²) < 4.78 is 5.25. The summed E-state index contributed by atoms with van der Waals surface area (Å²) in [5, 5.41) is 23.9. The van der Waals surface area contributed by atoms with Gasteiger partial charge in [0.05, 0.1) is 17.6 Å². The number of nitrogens with zero attached hydrogens (tertiary/aromatic N) is 2. The fourth-order valence-corrected chi connectivity index (χ4v) is 3.25. The number of aromatic nitrogens is 3. The molecule has 2 aromatic rings. The van der Waals surface area contributed by atoms with Crippen LogP contribution in [0.3, 0.4) is 0 Å². The standard InChI is InChI=1S/C17H26N6O4/c1-3-7(2)10(18)17(26)27-5-9-14(24)15(25)12(23-9)8-4-20-13-11(8)21-6-22-16(13)19/h4,6-7,9-10,12,14-15,20,23-25H,3,5,18H2,1-2H3,(H2,19,21,22)/t7-,9+,10-,12-,14+,15-/m0/s1. The SMILES string of the molecule is CC[C@H](C)[C@H](N)C(=O)OC[C@H]1N[C@@H](c2c[nH]c3c(N)ncnc23)[C@H](O)[C@@H]1O. The molecule has 148 valence electrons. The maximum atomic E-state index is 12.1. The summed E-state index contributed by atoms with van der Waals surface area (Å²) in [4.78, 5) is 23.2. The van der Waals surface area contributed by atoms with Crippen molar-refractivity contribution in [1.29, 1.82) is 0 Å². The summed E-state index contributed by atoms with van der Waals surface area (Å²) in [6, 6.07) is -1.96. The molecular weight excluding hydrogens is 352 g/mol. The van der Waals surface area contributed by atoms with Crippen molar-refractivity contribution >= 4 is 22.8 Å². The Morgan fingerprint density at radius 2 is 2.11 bits per heavy atom. The number of hydrogen-bond acceptors (Lipinski definition) is 9. The molecule has 0 bridgehead atoms. The average Bonchev–Trinajstić information content (AvgIpc) is 3.21. The lowest BCUT2D eigenvalue weighted by molar-refractivity contribution is -0.148. The van der Waals surface area contributed by atoms with Crippen molar-refractivity contribution in [1.82, 2.24) is 20.3 Å². The van der Waals surface area contributed by atoms with Crippen LogP contribution in [0.25, 0.3) is 11.0 Å². The Labute approximate surface area is 156 Å². The van der Waals surface area contributed by atoms with Crippen LogP contribution >= 0.6 is 0 Å². The van der Waals surface area contributed by atoms with E-state index in [2.05, 4.69) is 20.3 Å². The number of aliphatic hydroxyl groups is 2. The highest BCUT2D eigenvalue weighted by atomic mass is 16.5. The first-order valence-electron chi connectivity index (χ1n) is 8.97. The number of nitrogen functional groups attached to an aromatic ring is 1. The Morgan fingerprint density at radius 1 is 1.37 bits per heavy atom. The van der Waals surface area contributed by atoms with Crippen molar-refractivity contribution in [3.05, 3.63) is 18.1 Å². The van der Waals surface area contributed by atoms with Gasteiger partial charge in [-0.1, -0.05) is 20.3 Å². The van der Waals surface area contributed by atoms with Gasteiger partial charge in [-0.2, -0.15) is 0 Å². The number of carbonyl (C=O) groups excluding carboxylic acids is 1. The third-order valence-electron chi connectivity index (χ3n) is 5.29. The quantitative estimate of drug-likeness (QED) is 0.351. The van der Waals surface area contributed by atoms with Gasteiger partial charge in [0.25, 0.3) is 0 Å². The van der Waals surface area contributed by atoms with Crippen LogP contribution in [0.5, 0.6) is 0 Å². The maximum absolute atomic E-state index is 12.1. The van der Waals surface area contributed by atoms with Crippen LogP contribution in [0.4, 0.5) is 5.82 Å². The van der Waals surface area contributed by atoms with Gasteiger partial charge in [-0.3, -0.25) is 10.1 Å². The lowest BCUT2D eigenvalue weighted by atomic mass is 10.0. The minimum Gasteiger partial charge on any atom is -0.463 e. The van der Waals surface area contributed by atoms with Crippen LogP contribution in [0.1, 0.15) is 31.9 Å². The highest BCUT2D eigenvalue weighted by Gasteiger charge is 2.43. The summed E-state index contributed by atoms with van der Waals surface area (Å²) >= 11 is 0. The molecule has 3 rings (SSSR count). The molecule has 0 spiro atoms. The van der Waals surface area contributed by atoms with E-state index in [4.69, 9.17) is 16.2 Å². The second kappa shape index (κ2) is 7.77. The first-order valence-corrected chi connectivity index (χ1v) is 8.97. The van der Waals surface area contributed by atoms with E-state index in [-0.39, 0.29) is 12.5 Å². The summed E-state index contributed by atoms with van der Waals surface area (Å²) in [5.41, 5.74) is 13.4. The Kier molecular flexibility index (Phi) is 5.61. The van der Waals surface area contributed by atoms with E-state index in [0.717, 1.165) is 6.42 Å². The number of hydrogen-bond donors (Lipinski definition) is 6. The second-order valence-electron chi connectivity index (χ2n) is 7.00. The van der Waals surface area contributed by atoms with Gasteiger partial charge in [0.2, 0.25) is 0 Å². The Hall–Kier alpha value is -2.27.